The number of rotatable bonds is 9. The summed E-state index contributed by atoms with van der Waals surface area (Å²) in [6.07, 6.45) is 1.19. The van der Waals surface area contributed by atoms with Gasteiger partial charge in [0.2, 0.25) is 5.95 Å². The number of hydrogen-bond acceptors (Lipinski definition) is 6. The summed E-state index contributed by atoms with van der Waals surface area (Å²) in [5.41, 5.74) is 5.20. The van der Waals surface area contributed by atoms with Crippen LogP contribution in [0.1, 0.15) is 34.3 Å². The molecule has 8 nitrogen and oxygen atoms in total. The maximum absolute atomic E-state index is 13.2. The molecule has 1 aliphatic heterocycles. The molecule has 5 aromatic rings. The number of anilines is 2. The second kappa shape index (κ2) is 11.6. The van der Waals surface area contributed by atoms with Crippen LogP contribution in [-0.2, 0) is 11.2 Å². The molecule has 43 heavy (non-hydrogen) atoms. The van der Waals surface area contributed by atoms with Crippen molar-refractivity contribution in [2.24, 2.45) is 0 Å². The number of carbonyl (C=O) groups excluding carboxylic acids is 2. The lowest BCUT2D eigenvalue weighted by atomic mass is 9.92. The summed E-state index contributed by atoms with van der Waals surface area (Å²) in [6.45, 7) is 2.05. The van der Waals surface area contributed by atoms with Crippen molar-refractivity contribution in [3.63, 3.8) is 0 Å². The van der Waals surface area contributed by atoms with E-state index in [0.29, 0.717) is 28.6 Å². The molecule has 0 radical (unpaired) electrons. The lowest BCUT2D eigenvalue weighted by molar-refractivity contribution is -0.119. The van der Waals surface area contributed by atoms with E-state index in [1.165, 1.54) is 24.1 Å². The van der Waals surface area contributed by atoms with Crippen molar-refractivity contribution in [2.45, 2.75) is 25.4 Å². The summed E-state index contributed by atoms with van der Waals surface area (Å²) in [5.74, 6) is -0.0369. The predicted octanol–water partition coefficient (Wildman–Crippen LogP) is 6.00. The smallest absolute Gasteiger partial charge is 0.254 e. The fraction of sp³-hybridized carbons (Fsp3) is 0.212. The lowest BCUT2D eigenvalue weighted by Gasteiger charge is -2.34. The van der Waals surface area contributed by atoms with E-state index in [-0.39, 0.29) is 42.9 Å². The first kappa shape index (κ1) is 28.0. The molecule has 1 N–H and O–H groups in total. The van der Waals surface area contributed by atoms with Crippen LogP contribution in [0.2, 0.25) is 0 Å². The zero-order valence-corrected chi connectivity index (χ0v) is 23.6. The van der Waals surface area contributed by atoms with Gasteiger partial charge in [-0.2, -0.15) is 4.98 Å². The number of ketones is 1. The number of halogens is 2. The van der Waals surface area contributed by atoms with Gasteiger partial charge in [0.25, 0.3) is 5.91 Å². The number of carbonyl (C=O) groups is 2. The Morgan fingerprint density at radius 2 is 1.72 bits per heavy atom. The Bertz CT molecular complexity index is 1800. The SMILES string of the molecule is COc1cc(C(=O)N2CC(F)C2)ccc1Nc1nc2ccc(-c3ccc(CC(=O)[C@H](C)c4ccc(F)cc4)cc3)cn2n1. The summed E-state index contributed by atoms with van der Waals surface area (Å²) in [7, 11) is 1.51. The summed E-state index contributed by atoms with van der Waals surface area (Å²) < 4.78 is 33.6. The number of benzene rings is 3. The first-order valence-corrected chi connectivity index (χ1v) is 13.9. The van der Waals surface area contributed by atoms with Crippen LogP contribution < -0.4 is 10.1 Å². The number of Topliss-reactive ketones (excluding diaryl/α,β-unsaturated/α-hetero) is 1. The number of ether oxygens (including phenoxy) is 1. The number of methoxy groups -OCH3 is 1. The highest BCUT2D eigenvalue weighted by molar-refractivity contribution is 5.96. The first-order valence-electron chi connectivity index (χ1n) is 13.9. The second-order valence-corrected chi connectivity index (χ2v) is 10.6. The number of pyridine rings is 1. The minimum absolute atomic E-state index is 0.0624. The van der Waals surface area contributed by atoms with E-state index >= 15 is 0 Å². The minimum Gasteiger partial charge on any atom is -0.495 e. The summed E-state index contributed by atoms with van der Waals surface area (Å²) >= 11 is 0. The Balaban J connectivity index is 1.14. The average molecular weight is 582 g/mol. The molecule has 0 spiro atoms. The Kier molecular flexibility index (Phi) is 7.58. The van der Waals surface area contributed by atoms with E-state index in [1.54, 1.807) is 34.8 Å². The molecule has 10 heteroatoms. The molecule has 0 bridgehead atoms. The van der Waals surface area contributed by atoms with Gasteiger partial charge in [0, 0.05) is 29.7 Å². The molecule has 218 valence electrons. The monoisotopic (exact) mass is 581 g/mol. The minimum atomic E-state index is -0.965. The van der Waals surface area contributed by atoms with Gasteiger partial charge < -0.3 is 15.0 Å². The molecule has 3 aromatic carbocycles. The molecular formula is C33H29F2N5O3. The molecule has 1 atom stereocenters. The highest BCUT2D eigenvalue weighted by Gasteiger charge is 2.31. The van der Waals surface area contributed by atoms with E-state index in [2.05, 4.69) is 15.4 Å². The summed E-state index contributed by atoms with van der Waals surface area (Å²) in [5, 5.41) is 7.70. The van der Waals surface area contributed by atoms with Gasteiger partial charge >= 0.3 is 0 Å². The third kappa shape index (κ3) is 5.94. The first-order chi connectivity index (χ1) is 20.8. The van der Waals surface area contributed by atoms with Crippen molar-refractivity contribution in [3.05, 3.63) is 108 Å². The zero-order valence-electron chi connectivity index (χ0n) is 23.6. The van der Waals surface area contributed by atoms with Crippen molar-refractivity contribution in [1.82, 2.24) is 19.5 Å². The number of nitrogens with zero attached hydrogens (tertiary/aromatic N) is 4. The van der Waals surface area contributed by atoms with Gasteiger partial charge in [-0.3, -0.25) is 9.59 Å². The van der Waals surface area contributed by atoms with E-state index in [9.17, 15) is 18.4 Å². The van der Waals surface area contributed by atoms with E-state index in [0.717, 1.165) is 22.3 Å². The molecule has 1 aliphatic rings. The molecule has 0 aliphatic carbocycles. The van der Waals surface area contributed by atoms with Crippen LogP contribution >= 0.6 is 0 Å². The van der Waals surface area contributed by atoms with E-state index in [1.807, 2.05) is 49.5 Å². The van der Waals surface area contributed by atoms with E-state index in [4.69, 9.17) is 4.74 Å². The highest BCUT2D eigenvalue weighted by atomic mass is 19.1. The molecule has 1 amide bonds. The molecule has 1 fully saturated rings. The van der Waals surface area contributed by atoms with Crippen LogP contribution in [-0.4, -0.2) is 57.6 Å². The number of nitrogens with one attached hydrogen (secondary N) is 1. The van der Waals surface area contributed by atoms with Crippen molar-refractivity contribution in [3.8, 4) is 16.9 Å². The van der Waals surface area contributed by atoms with Gasteiger partial charge in [-0.25, -0.2) is 13.3 Å². The van der Waals surface area contributed by atoms with Gasteiger partial charge in [-0.1, -0.05) is 43.3 Å². The van der Waals surface area contributed by atoms with Crippen molar-refractivity contribution in [1.29, 1.82) is 0 Å². The third-order valence-corrected chi connectivity index (χ3v) is 7.67. The van der Waals surface area contributed by atoms with Gasteiger partial charge in [0.15, 0.2) is 5.65 Å². The van der Waals surface area contributed by atoms with Crippen LogP contribution in [0.5, 0.6) is 5.75 Å². The fourth-order valence-corrected chi connectivity index (χ4v) is 5.03. The zero-order chi connectivity index (χ0) is 30.1. The standard InChI is InChI=1S/C33H29F2N5O3/c1-20(22-7-11-26(34)12-8-22)29(41)15-21-3-5-23(6-4-21)25-10-14-31-37-33(38-40(31)17-25)36-28-13-9-24(16-30(28)43-2)32(42)39-18-27(35)19-39/h3-14,16-17,20,27H,15,18-19H2,1-2H3,(H,36,38)/t20-/m1/s1. The Morgan fingerprint density at radius 1 is 1.00 bits per heavy atom. The number of aromatic nitrogens is 3. The molecule has 1 saturated heterocycles. The van der Waals surface area contributed by atoms with Crippen molar-refractivity contribution in [2.75, 3.05) is 25.5 Å². The normalized spacial score (nSPS) is 13.9. The largest absolute Gasteiger partial charge is 0.495 e. The van der Waals surface area contributed by atoms with Crippen LogP contribution in [0.25, 0.3) is 16.8 Å². The molecule has 6 rings (SSSR count). The Morgan fingerprint density at radius 3 is 2.42 bits per heavy atom. The Hall–Kier alpha value is -5.12. The number of amides is 1. The quantitative estimate of drug-likeness (QED) is 0.230. The molecular weight excluding hydrogens is 552 g/mol. The molecule has 3 heterocycles. The maximum Gasteiger partial charge on any atom is 0.254 e. The number of fused-ring (bicyclic) bond motifs is 1. The van der Waals surface area contributed by atoms with Gasteiger partial charge in [-0.15, -0.1) is 5.10 Å². The molecule has 2 aromatic heterocycles. The number of likely N-dealkylation sites (tertiary alicyclic amines) is 1. The second-order valence-electron chi connectivity index (χ2n) is 10.6. The van der Waals surface area contributed by atoms with Gasteiger partial charge in [0.1, 0.15) is 23.5 Å². The topological polar surface area (TPSA) is 88.8 Å². The van der Waals surface area contributed by atoms with Gasteiger partial charge in [-0.05, 0) is 59.2 Å². The lowest BCUT2D eigenvalue weighted by Crippen LogP contribution is -2.51. The van der Waals surface area contributed by atoms with Crippen LogP contribution in [0.3, 0.4) is 0 Å². The van der Waals surface area contributed by atoms with Crippen molar-refractivity contribution >= 4 is 29.0 Å². The summed E-state index contributed by atoms with van der Waals surface area (Å²) in [4.78, 5) is 31.4. The molecule has 0 saturated carbocycles. The van der Waals surface area contributed by atoms with Crippen LogP contribution in [0, 0.1) is 5.82 Å². The molecule has 0 unspecified atom stereocenters. The van der Waals surface area contributed by atoms with E-state index < -0.39 is 6.17 Å². The van der Waals surface area contributed by atoms with Crippen LogP contribution in [0.4, 0.5) is 20.4 Å². The van der Waals surface area contributed by atoms with Gasteiger partial charge in [0.05, 0.1) is 25.9 Å². The maximum atomic E-state index is 13.2. The highest BCUT2D eigenvalue weighted by Crippen LogP contribution is 2.30. The number of hydrogen-bond donors (Lipinski definition) is 1. The van der Waals surface area contributed by atoms with Crippen molar-refractivity contribution < 1.29 is 23.1 Å². The third-order valence-electron chi connectivity index (χ3n) is 7.67. The predicted molar refractivity (Wildman–Crippen MR) is 159 cm³/mol. The summed E-state index contributed by atoms with van der Waals surface area (Å²) in [6, 6.07) is 22.6. The average Bonchev–Trinajstić information content (AvgIpc) is 3.41. The fourth-order valence-electron chi connectivity index (χ4n) is 5.03. The Labute approximate surface area is 246 Å². The number of alkyl halides is 1. The van der Waals surface area contributed by atoms with Crippen LogP contribution in [0.15, 0.2) is 85.1 Å².